The van der Waals surface area contributed by atoms with Crippen molar-refractivity contribution < 1.29 is 9.84 Å². The Labute approximate surface area is 148 Å². The third-order valence-electron chi connectivity index (χ3n) is 5.46. The molecule has 2 atom stereocenters. The number of nitriles is 1. The van der Waals surface area contributed by atoms with E-state index in [0.717, 1.165) is 12.1 Å². The summed E-state index contributed by atoms with van der Waals surface area (Å²) in [5.74, 6) is 0. The van der Waals surface area contributed by atoms with E-state index < -0.39 is 5.60 Å². The number of piperidine rings is 1. The molecule has 4 rings (SSSR count). The predicted molar refractivity (Wildman–Crippen MR) is 94.7 cm³/mol. The topological polar surface area (TPSA) is 56.5 Å². The van der Waals surface area contributed by atoms with Gasteiger partial charge < -0.3 is 9.84 Å². The molecule has 0 saturated carbocycles. The molecule has 0 aromatic heterocycles. The molecule has 2 fully saturated rings. The van der Waals surface area contributed by atoms with Crippen molar-refractivity contribution in [3.05, 3.63) is 71.3 Å². The number of hydrogen-bond donors (Lipinski definition) is 1. The van der Waals surface area contributed by atoms with Gasteiger partial charge in [-0.2, -0.15) is 5.26 Å². The van der Waals surface area contributed by atoms with Crippen LogP contribution in [-0.4, -0.2) is 35.3 Å². The van der Waals surface area contributed by atoms with Crippen molar-refractivity contribution in [2.45, 2.75) is 37.1 Å². The van der Waals surface area contributed by atoms with Crippen LogP contribution in [0.1, 0.15) is 29.5 Å². The lowest BCUT2D eigenvalue weighted by molar-refractivity contribution is -0.149. The van der Waals surface area contributed by atoms with E-state index in [-0.39, 0.29) is 12.1 Å². The molecular formula is C21H22N2O2. The second kappa shape index (κ2) is 6.61. The molecular weight excluding hydrogens is 312 g/mol. The van der Waals surface area contributed by atoms with Crippen LogP contribution >= 0.6 is 0 Å². The Bertz CT molecular complexity index is 753. The molecule has 2 aromatic carbocycles. The Hall–Kier alpha value is -2.19. The van der Waals surface area contributed by atoms with Crippen LogP contribution in [0.5, 0.6) is 0 Å². The molecule has 25 heavy (non-hydrogen) atoms. The summed E-state index contributed by atoms with van der Waals surface area (Å²) in [4.78, 5) is 2.48. The molecule has 2 unspecified atom stereocenters. The summed E-state index contributed by atoms with van der Waals surface area (Å²) in [6.45, 7) is 2.20. The van der Waals surface area contributed by atoms with E-state index in [2.05, 4.69) is 35.2 Å². The monoisotopic (exact) mass is 334 g/mol. The van der Waals surface area contributed by atoms with Crippen LogP contribution in [-0.2, 0) is 16.9 Å². The summed E-state index contributed by atoms with van der Waals surface area (Å²) >= 11 is 0. The first-order valence-electron chi connectivity index (χ1n) is 8.78. The van der Waals surface area contributed by atoms with Crippen molar-refractivity contribution in [3.63, 3.8) is 0 Å². The average Bonchev–Trinajstić information content (AvgIpc) is 2.64. The molecule has 1 N–H and O–H groups in total. The number of hydrogen-bond acceptors (Lipinski definition) is 4. The van der Waals surface area contributed by atoms with E-state index in [1.54, 1.807) is 12.1 Å². The minimum absolute atomic E-state index is 0.202. The minimum Gasteiger partial charge on any atom is -0.385 e. The fraction of sp³-hybridized carbons (Fsp3) is 0.381. The van der Waals surface area contributed by atoms with Gasteiger partial charge in [-0.25, -0.2) is 0 Å². The molecule has 128 valence electrons. The molecule has 4 heteroatoms. The molecule has 0 radical (unpaired) electrons. The van der Waals surface area contributed by atoms with Gasteiger partial charge in [-0.3, -0.25) is 4.90 Å². The minimum atomic E-state index is -0.847. The van der Waals surface area contributed by atoms with Gasteiger partial charge in [0.25, 0.3) is 0 Å². The smallest absolute Gasteiger partial charge is 0.0991 e. The van der Waals surface area contributed by atoms with E-state index in [1.165, 1.54) is 5.56 Å². The quantitative estimate of drug-likeness (QED) is 0.938. The second-order valence-electron chi connectivity index (χ2n) is 7.13. The average molecular weight is 334 g/mol. The van der Waals surface area contributed by atoms with Crippen molar-refractivity contribution in [2.24, 2.45) is 0 Å². The first-order chi connectivity index (χ1) is 12.2. The Kier molecular flexibility index (Phi) is 4.30. The van der Waals surface area contributed by atoms with E-state index in [0.29, 0.717) is 31.6 Å². The van der Waals surface area contributed by atoms with E-state index in [4.69, 9.17) is 10.00 Å². The van der Waals surface area contributed by atoms with Crippen LogP contribution in [0.2, 0.25) is 0 Å². The summed E-state index contributed by atoms with van der Waals surface area (Å²) in [7, 11) is 0. The summed E-state index contributed by atoms with van der Waals surface area (Å²) in [5, 5.41) is 20.3. The summed E-state index contributed by atoms with van der Waals surface area (Å²) in [6.07, 6.45) is 1.31. The van der Waals surface area contributed by atoms with Crippen molar-refractivity contribution in [1.82, 2.24) is 4.90 Å². The van der Waals surface area contributed by atoms with Crippen LogP contribution in [0, 0.1) is 11.3 Å². The van der Waals surface area contributed by atoms with E-state index in [1.807, 2.05) is 18.2 Å². The van der Waals surface area contributed by atoms with Crippen LogP contribution in [0.15, 0.2) is 54.6 Å². The molecule has 4 nitrogen and oxygen atoms in total. The van der Waals surface area contributed by atoms with Gasteiger partial charge >= 0.3 is 0 Å². The van der Waals surface area contributed by atoms with Crippen molar-refractivity contribution >= 4 is 0 Å². The summed E-state index contributed by atoms with van der Waals surface area (Å²) in [5.41, 5.74) is 1.98. The number of rotatable bonds is 3. The Balaban J connectivity index is 1.56. The standard InChI is InChI=1S/C21H22N2O2/c22-12-16-6-8-18(9-7-16)21(24)10-19-14-25-15-20(11-21)23(19)13-17-4-2-1-3-5-17/h1-9,19-20,24H,10-11,13-15H2. The van der Waals surface area contributed by atoms with Crippen molar-refractivity contribution in [1.29, 1.82) is 5.26 Å². The summed E-state index contributed by atoms with van der Waals surface area (Å²) < 4.78 is 5.77. The highest BCUT2D eigenvalue weighted by molar-refractivity contribution is 5.34. The van der Waals surface area contributed by atoms with Gasteiger partial charge in [0.15, 0.2) is 0 Å². The first-order valence-corrected chi connectivity index (χ1v) is 8.78. The van der Waals surface area contributed by atoms with Gasteiger partial charge in [0, 0.05) is 18.6 Å². The first kappa shape index (κ1) is 16.3. The molecule has 2 bridgehead atoms. The van der Waals surface area contributed by atoms with Gasteiger partial charge in [0.05, 0.1) is 30.4 Å². The highest BCUT2D eigenvalue weighted by atomic mass is 16.5. The van der Waals surface area contributed by atoms with Gasteiger partial charge in [0.1, 0.15) is 0 Å². The Morgan fingerprint density at radius 2 is 1.68 bits per heavy atom. The zero-order valence-electron chi connectivity index (χ0n) is 14.1. The Morgan fingerprint density at radius 1 is 1.04 bits per heavy atom. The van der Waals surface area contributed by atoms with Crippen molar-refractivity contribution in [2.75, 3.05) is 13.2 Å². The number of aliphatic hydroxyl groups is 1. The normalized spacial score (nSPS) is 29.1. The largest absolute Gasteiger partial charge is 0.385 e. The summed E-state index contributed by atoms with van der Waals surface area (Å²) in [6, 6.07) is 20.4. The molecule has 2 aliphatic rings. The van der Waals surface area contributed by atoms with Gasteiger partial charge in [-0.05, 0) is 36.1 Å². The number of nitrogens with zero attached hydrogens (tertiary/aromatic N) is 2. The number of ether oxygens (including phenoxy) is 1. The molecule has 2 saturated heterocycles. The predicted octanol–water partition coefficient (Wildman–Crippen LogP) is 2.81. The lowest BCUT2D eigenvalue weighted by atomic mass is 9.76. The van der Waals surface area contributed by atoms with Crippen LogP contribution in [0.4, 0.5) is 0 Å². The highest BCUT2D eigenvalue weighted by Crippen LogP contribution is 2.41. The van der Waals surface area contributed by atoms with Gasteiger partial charge in [-0.15, -0.1) is 0 Å². The lowest BCUT2D eigenvalue weighted by Gasteiger charge is -2.52. The number of benzene rings is 2. The van der Waals surface area contributed by atoms with Crippen LogP contribution in [0.3, 0.4) is 0 Å². The second-order valence-corrected chi connectivity index (χ2v) is 7.13. The zero-order valence-corrected chi connectivity index (χ0v) is 14.1. The van der Waals surface area contributed by atoms with Crippen molar-refractivity contribution in [3.8, 4) is 6.07 Å². The van der Waals surface area contributed by atoms with Gasteiger partial charge in [-0.1, -0.05) is 42.5 Å². The van der Waals surface area contributed by atoms with Crippen LogP contribution < -0.4 is 0 Å². The fourth-order valence-electron chi connectivity index (χ4n) is 4.19. The molecule has 2 aliphatic heterocycles. The third-order valence-corrected chi connectivity index (χ3v) is 5.46. The highest BCUT2D eigenvalue weighted by Gasteiger charge is 2.46. The number of fused-ring (bicyclic) bond motifs is 2. The zero-order chi connectivity index (χ0) is 17.3. The molecule has 0 aliphatic carbocycles. The lowest BCUT2D eigenvalue weighted by Crippen LogP contribution is -2.60. The maximum absolute atomic E-state index is 11.3. The van der Waals surface area contributed by atoms with Crippen LogP contribution in [0.25, 0.3) is 0 Å². The number of morpholine rings is 1. The third kappa shape index (κ3) is 3.19. The molecule has 0 amide bonds. The van der Waals surface area contributed by atoms with E-state index >= 15 is 0 Å². The fourth-order valence-corrected chi connectivity index (χ4v) is 4.19. The molecule has 0 spiro atoms. The van der Waals surface area contributed by atoms with E-state index in [9.17, 15) is 5.11 Å². The maximum Gasteiger partial charge on any atom is 0.0991 e. The SMILES string of the molecule is N#Cc1ccc(C2(O)CC3COCC(C2)N3Cc2ccccc2)cc1. The molecule has 2 heterocycles. The maximum atomic E-state index is 11.3. The van der Waals surface area contributed by atoms with Gasteiger partial charge in [0.2, 0.25) is 0 Å². The molecule has 2 aromatic rings. The Morgan fingerprint density at radius 3 is 2.28 bits per heavy atom.